The number of benzene rings is 2. The number of aryl methyl sites for hydroxylation is 1. The Balaban J connectivity index is 1.20. The first-order valence-corrected chi connectivity index (χ1v) is 12.3. The van der Waals surface area contributed by atoms with Crippen molar-refractivity contribution in [2.24, 2.45) is 7.05 Å². The van der Waals surface area contributed by atoms with Crippen molar-refractivity contribution in [3.63, 3.8) is 0 Å². The smallest absolute Gasteiger partial charge is 0.407 e. The van der Waals surface area contributed by atoms with Crippen LogP contribution < -0.4 is 16.6 Å². The van der Waals surface area contributed by atoms with Gasteiger partial charge in [-0.15, -0.1) is 5.92 Å². The van der Waals surface area contributed by atoms with Crippen LogP contribution in [0.25, 0.3) is 28.4 Å². The summed E-state index contributed by atoms with van der Waals surface area (Å²) in [5.41, 5.74) is 4.22. The number of H-pyrrole nitrogens is 1. The van der Waals surface area contributed by atoms with E-state index in [2.05, 4.69) is 51.4 Å². The van der Waals surface area contributed by atoms with Gasteiger partial charge < -0.3 is 14.6 Å². The van der Waals surface area contributed by atoms with Gasteiger partial charge in [-0.2, -0.15) is 0 Å². The second-order valence-electron chi connectivity index (χ2n) is 8.92. The summed E-state index contributed by atoms with van der Waals surface area (Å²) >= 11 is 0. The fourth-order valence-corrected chi connectivity index (χ4v) is 4.79. The van der Waals surface area contributed by atoms with Gasteiger partial charge in [-0.05, 0) is 41.7 Å². The van der Waals surface area contributed by atoms with Gasteiger partial charge in [-0.25, -0.2) is 14.6 Å². The number of amides is 1. The molecular formula is C29H27N5O4. The molecule has 2 aromatic heterocycles. The molecule has 0 spiro atoms. The fourth-order valence-electron chi connectivity index (χ4n) is 4.79. The second-order valence-corrected chi connectivity index (χ2v) is 8.92. The SMILES string of the molecule is CC#CCn1c(C=CCCNC(=O)OCC2c3ccccc3-c3ccccc32)nc2c1c(=O)[nH]c(=O)n2C. The van der Waals surface area contributed by atoms with Crippen LogP contribution in [0.1, 0.15) is 36.2 Å². The summed E-state index contributed by atoms with van der Waals surface area (Å²) in [6.07, 6.45) is 3.63. The van der Waals surface area contributed by atoms with Crippen LogP contribution in [0.4, 0.5) is 4.79 Å². The Morgan fingerprint density at radius 3 is 2.50 bits per heavy atom. The van der Waals surface area contributed by atoms with Crippen molar-refractivity contribution in [3.8, 4) is 23.0 Å². The van der Waals surface area contributed by atoms with Crippen LogP contribution in [-0.2, 0) is 18.3 Å². The predicted molar refractivity (Wildman–Crippen MR) is 146 cm³/mol. The van der Waals surface area contributed by atoms with Crippen molar-refractivity contribution in [1.82, 2.24) is 24.4 Å². The van der Waals surface area contributed by atoms with E-state index in [1.54, 1.807) is 24.6 Å². The molecule has 0 atom stereocenters. The van der Waals surface area contributed by atoms with Gasteiger partial charge in [0.15, 0.2) is 11.2 Å². The first-order valence-electron chi connectivity index (χ1n) is 12.3. The topological polar surface area (TPSA) is 111 Å². The minimum Gasteiger partial charge on any atom is -0.449 e. The summed E-state index contributed by atoms with van der Waals surface area (Å²) in [5, 5.41) is 2.78. The monoisotopic (exact) mass is 509 g/mol. The number of rotatable bonds is 7. The normalized spacial score (nSPS) is 12.3. The van der Waals surface area contributed by atoms with Gasteiger partial charge >= 0.3 is 11.8 Å². The average molecular weight is 510 g/mol. The molecule has 0 radical (unpaired) electrons. The largest absolute Gasteiger partial charge is 0.449 e. The Morgan fingerprint density at radius 1 is 1.13 bits per heavy atom. The molecule has 1 amide bonds. The first-order chi connectivity index (χ1) is 18.5. The van der Waals surface area contributed by atoms with Crippen molar-refractivity contribution < 1.29 is 9.53 Å². The van der Waals surface area contributed by atoms with Crippen LogP contribution in [0.3, 0.4) is 0 Å². The second kappa shape index (κ2) is 10.6. The highest BCUT2D eigenvalue weighted by Crippen LogP contribution is 2.44. The van der Waals surface area contributed by atoms with Crippen molar-refractivity contribution >= 4 is 23.3 Å². The van der Waals surface area contributed by atoms with Crippen LogP contribution in [-0.4, -0.2) is 38.3 Å². The molecule has 9 heteroatoms. The van der Waals surface area contributed by atoms with Crippen LogP contribution >= 0.6 is 0 Å². The van der Waals surface area contributed by atoms with Gasteiger partial charge in [-0.1, -0.05) is 60.5 Å². The Kier molecular flexibility index (Phi) is 6.96. The molecule has 1 aliphatic rings. The maximum Gasteiger partial charge on any atom is 0.407 e. The number of alkyl carbamates (subject to hydrolysis) is 1. The Labute approximate surface area is 218 Å². The van der Waals surface area contributed by atoms with Gasteiger partial charge in [-0.3, -0.25) is 14.3 Å². The number of imidazole rings is 1. The van der Waals surface area contributed by atoms with E-state index in [4.69, 9.17) is 4.74 Å². The standard InChI is InChI=1S/C29H27N5O4/c1-3-4-17-34-24(31-26-25(34)27(35)32-28(36)33(26)2)15-9-10-16-30-29(37)38-18-23-21-13-7-5-11-19(21)20-12-6-8-14-22(20)23/h5-9,11-15,23H,10,16-18H2,1-2H3,(H,30,37)(H,32,35,36). The van der Waals surface area contributed by atoms with Crippen molar-refractivity contribution in [2.75, 3.05) is 13.2 Å². The van der Waals surface area contributed by atoms with Crippen molar-refractivity contribution in [3.05, 3.63) is 92.4 Å². The van der Waals surface area contributed by atoms with E-state index in [-0.39, 0.29) is 30.2 Å². The molecule has 192 valence electrons. The molecule has 2 heterocycles. The Hall–Kier alpha value is -4.84. The molecule has 2 N–H and O–H groups in total. The lowest BCUT2D eigenvalue weighted by Gasteiger charge is -2.14. The van der Waals surface area contributed by atoms with Crippen molar-refractivity contribution in [1.29, 1.82) is 0 Å². The molecule has 0 fully saturated rings. The molecule has 0 bridgehead atoms. The summed E-state index contributed by atoms with van der Waals surface area (Å²) in [4.78, 5) is 43.6. The van der Waals surface area contributed by atoms with E-state index in [9.17, 15) is 14.4 Å². The lowest BCUT2D eigenvalue weighted by molar-refractivity contribution is 0.143. The highest BCUT2D eigenvalue weighted by Gasteiger charge is 2.28. The number of nitrogens with zero attached hydrogens (tertiary/aromatic N) is 3. The van der Waals surface area contributed by atoms with Gasteiger partial charge in [0.2, 0.25) is 0 Å². The Morgan fingerprint density at radius 2 is 1.82 bits per heavy atom. The number of carbonyl (C=O) groups excluding carboxylic acids is 1. The predicted octanol–water partition coefficient (Wildman–Crippen LogP) is 3.39. The molecule has 4 aromatic rings. The number of fused-ring (bicyclic) bond motifs is 4. The molecular weight excluding hydrogens is 482 g/mol. The highest BCUT2D eigenvalue weighted by atomic mass is 16.5. The third-order valence-electron chi connectivity index (χ3n) is 6.64. The Bertz CT molecular complexity index is 1690. The van der Waals surface area contributed by atoms with Crippen LogP contribution in [0, 0.1) is 11.8 Å². The van der Waals surface area contributed by atoms with E-state index in [0.29, 0.717) is 18.8 Å². The molecule has 0 unspecified atom stereocenters. The maximum absolute atomic E-state index is 12.4. The molecule has 5 rings (SSSR count). The maximum atomic E-state index is 12.4. The number of hydrogen-bond donors (Lipinski definition) is 2. The number of nitrogens with one attached hydrogen (secondary N) is 2. The summed E-state index contributed by atoms with van der Waals surface area (Å²) < 4.78 is 8.53. The van der Waals surface area contributed by atoms with E-state index >= 15 is 0 Å². The minimum absolute atomic E-state index is 0.00590. The number of carbonyl (C=O) groups is 1. The number of hydrogen-bond acceptors (Lipinski definition) is 5. The lowest BCUT2D eigenvalue weighted by atomic mass is 9.98. The molecule has 38 heavy (non-hydrogen) atoms. The van der Waals surface area contributed by atoms with Crippen molar-refractivity contribution in [2.45, 2.75) is 25.8 Å². The fraction of sp³-hybridized carbons (Fsp3) is 0.241. The molecule has 0 saturated heterocycles. The zero-order valence-corrected chi connectivity index (χ0v) is 21.2. The summed E-state index contributed by atoms with van der Waals surface area (Å²) in [6, 6.07) is 16.4. The third kappa shape index (κ3) is 4.64. The van der Waals surface area contributed by atoms with Gasteiger partial charge in [0, 0.05) is 19.5 Å². The highest BCUT2D eigenvalue weighted by molar-refractivity contribution is 5.79. The third-order valence-corrected chi connectivity index (χ3v) is 6.64. The zero-order chi connectivity index (χ0) is 26.6. The number of aromatic nitrogens is 4. The van der Waals surface area contributed by atoms with E-state index in [1.165, 1.54) is 15.7 Å². The minimum atomic E-state index is -0.531. The van der Waals surface area contributed by atoms with Crippen LogP contribution in [0.15, 0.2) is 64.2 Å². The molecule has 0 saturated carbocycles. The van der Waals surface area contributed by atoms with E-state index < -0.39 is 17.3 Å². The van der Waals surface area contributed by atoms with E-state index in [1.807, 2.05) is 30.3 Å². The number of ether oxygens (including phenoxy) is 1. The summed E-state index contributed by atoms with van der Waals surface area (Å²) in [5.74, 6) is 6.25. The first kappa shape index (κ1) is 24.8. The van der Waals surface area contributed by atoms with Crippen LogP contribution in [0.2, 0.25) is 0 Å². The lowest BCUT2D eigenvalue weighted by Crippen LogP contribution is -2.29. The van der Waals surface area contributed by atoms with Gasteiger partial charge in [0.25, 0.3) is 5.56 Å². The van der Waals surface area contributed by atoms with Crippen LogP contribution in [0.5, 0.6) is 0 Å². The zero-order valence-electron chi connectivity index (χ0n) is 21.2. The molecule has 2 aromatic carbocycles. The average Bonchev–Trinajstić information content (AvgIpc) is 3.45. The quantitative estimate of drug-likeness (QED) is 0.293. The summed E-state index contributed by atoms with van der Waals surface area (Å²) in [7, 11) is 1.55. The molecule has 1 aliphatic carbocycles. The van der Waals surface area contributed by atoms with Gasteiger partial charge in [0.1, 0.15) is 12.4 Å². The summed E-state index contributed by atoms with van der Waals surface area (Å²) in [6.45, 7) is 2.59. The molecule has 9 nitrogen and oxygen atoms in total. The molecule has 0 aliphatic heterocycles. The van der Waals surface area contributed by atoms with Gasteiger partial charge in [0.05, 0.1) is 6.54 Å². The van der Waals surface area contributed by atoms with E-state index in [0.717, 1.165) is 11.1 Å². The number of aromatic amines is 1.